The Kier molecular flexibility index (Phi) is 4.44. The van der Waals surface area contributed by atoms with Gasteiger partial charge in [0.15, 0.2) is 10.4 Å². The first-order valence-corrected chi connectivity index (χ1v) is 9.37. The molecule has 3 rings (SSSR count). The summed E-state index contributed by atoms with van der Waals surface area (Å²) in [4.78, 5) is 28.7. The van der Waals surface area contributed by atoms with Crippen LogP contribution >= 0.6 is 35.1 Å². The second kappa shape index (κ2) is 6.19. The summed E-state index contributed by atoms with van der Waals surface area (Å²) in [6, 6.07) is 0. The van der Waals surface area contributed by atoms with Gasteiger partial charge in [-0.05, 0) is 17.1 Å². The average Bonchev–Trinajstić information content (AvgIpc) is 2.99. The van der Waals surface area contributed by atoms with E-state index in [0.29, 0.717) is 17.1 Å². The van der Waals surface area contributed by atoms with Gasteiger partial charge in [-0.25, -0.2) is 9.78 Å². The van der Waals surface area contributed by atoms with Crippen LogP contribution in [-0.2, 0) is 16.0 Å². The van der Waals surface area contributed by atoms with Crippen molar-refractivity contribution in [1.29, 1.82) is 0 Å². The second-order valence-electron chi connectivity index (χ2n) is 4.73. The number of thioether (sulfide) groups is 2. The van der Waals surface area contributed by atoms with Crippen molar-refractivity contribution < 1.29 is 19.8 Å². The quantitative estimate of drug-likeness (QED) is 0.588. The molecule has 3 heterocycles. The Hall–Kier alpha value is -1.10. The molecule has 1 fully saturated rings. The highest BCUT2D eigenvalue weighted by atomic mass is 32.2. The third-order valence-corrected chi connectivity index (χ3v) is 6.64. The highest BCUT2D eigenvalue weighted by molar-refractivity contribution is 8.01. The van der Waals surface area contributed by atoms with E-state index in [1.807, 2.05) is 6.92 Å². The normalized spacial score (nSPS) is 24.3. The molecular weight excluding hydrogens is 346 g/mol. The molecule has 1 amide bonds. The minimum atomic E-state index is -1.13. The largest absolute Gasteiger partial charge is 0.477 e. The van der Waals surface area contributed by atoms with E-state index in [2.05, 4.69) is 9.36 Å². The highest BCUT2D eigenvalue weighted by Crippen LogP contribution is 2.41. The lowest BCUT2D eigenvalue weighted by Crippen LogP contribution is -2.64. The first-order valence-electron chi connectivity index (χ1n) is 6.56. The van der Waals surface area contributed by atoms with Crippen molar-refractivity contribution in [2.24, 2.45) is 0 Å². The van der Waals surface area contributed by atoms with Crippen LogP contribution in [0.1, 0.15) is 12.7 Å². The molecule has 1 aromatic rings. The van der Waals surface area contributed by atoms with Crippen molar-refractivity contribution >= 4 is 46.9 Å². The van der Waals surface area contributed by atoms with Crippen LogP contribution in [0.25, 0.3) is 0 Å². The number of aliphatic hydroxyl groups excluding tert-OH is 1. The molecule has 2 N–H and O–H groups in total. The van der Waals surface area contributed by atoms with Gasteiger partial charge in [0, 0.05) is 17.9 Å². The molecule has 1 saturated heterocycles. The molecule has 2 aliphatic heterocycles. The highest BCUT2D eigenvalue weighted by Gasteiger charge is 2.52. The summed E-state index contributed by atoms with van der Waals surface area (Å²) in [6.07, 6.45) is -0.332. The number of hydrogen-bond donors (Lipinski definition) is 2. The zero-order valence-corrected chi connectivity index (χ0v) is 14.0. The molecule has 22 heavy (non-hydrogen) atoms. The lowest BCUT2D eigenvalue weighted by atomic mass is 10.1. The molecule has 118 valence electrons. The van der Waals surface area contributed by atoms with Crippen molar-refractivity contribution in [3.05, 3.63) is 17.1 Å². The van der Waals surface area contributed by atoms with Crippen LogP contribution in [0, 0.1) is 0 Å². The van der Waals surface area contributed by atoms with Crippen LogP contribution in [0.5, 0.6) is 0 Å². The van der Waals surface area contributed by atoms with Gasteiger partial charge >= 0.3 is 5.97 Å². The lowest BCUT2D eigenvalue weighted by molar-refractivity contribution is -0.159. The number of aliphatic hydroxyl groups is 1. The molecule has 0 radical (unpaired) electrons. The maximum Gasteiger partial charge on any atom is 0.352 e. The molecule has 0 saturated carbocycles. The standard InChI is InChI=1S/C12H13N3O4S3/c1-2-6-13-12(22-14-6)21-4-5-3-20-10-8(16)9(17)15(10)7(5)11(18)19/h8,10,16H,2-4H2,1H3,(H,18,19)/t8-,10-/m1/s1. The Morgan fingerprint density at radius 1 is 1.55 bits per heavy atom. The number of carbonyl (C=O) groups is 2. The van der Waals surface area contributed by atoms with Crippen LogP contribution in [0.3, 0.4) is 0 Å². The predicted octanol–water partition coefficient (Wildman–Crippen LogP) is 0.807. The maximum atomic E-state index is 11.7. The Bertz CT molecular complexity index is 660. The molecule has 2 atom stereocenters. The van der Waals surface area contributed by atoms with Gasteiger partial charge in [0.1, 0.15) is 16.9 Å². The summed E-state index contributed by atoms with van der Waals surface area (Å²) in [6.45, 7) is 1.97. The van der Waals surface area contributed by atoms with E-state index in [1.54, 1.807) is 0 Å². The summed E-state index contributed by atoms with van der Waals surface area (Å²) >= 11 is 4.10. The minimum absolute atomic E-state index is 0.00628. The molecule has 10 heteroatoms. The number of β-lactam (4-membered cyclic amide) rings is 1. The number of carboxylic acids is 1. The fraction of sp³-hybridized carbons (Fsp3) is 0.500. The zero-order chi connectivity index (χ0) is 15.9. The van der Waals surface area contributed by atoms with Crippen molar-refractivity contribution in [2.45, 2.75) is 29.2 Å². The first-order chi connectivity index (χ1) is 10.5. The Morgan fingerprint density at radius 2 is 2.32 bits per heavy atom. The number of aliphatic carboxylic acids is 1. The van der Waals surface area contributed by atoms with Crippen molar-refractivity contribution in [2.75, 3.05) is 11.5 Å². The molecule has 0 unspecified atom stereocenters. The number of fused-ring (bicyclic) bond motifs is 1. The molecule has 1 aromatic heterocycles. The van der Waals surface area contributed by atoms with Crippen LogP contribution < -0.4 is 0 Å². The average molecular weight is 359 g/mol. The van der Waals surface area contributed by atoms with Gasteiger partial charge < -0.3 is 10.2 Å². The van der Waals surface area contributed by atoms with E-state index < -0.39 is 23.4 Å². The monoisotopic (exact) mass is 359 g/mol. The number of hydrogen-bond acceptors (Lipinski definition) is 8. The fourth-order valence-electron chi connectivity index (χ4n) is 2.23. The number of carboxylic acid groups (broad SMARTS) is 1. The molecular formula is C12H13N3O4S3. The topological polar surface area (TPSA) is 104 Å². The molecule has 0 aliphatic carbocycles. The minimum Gasteiger partial charge on any atom is -0.477 e. The second-order valence-corrected chi connectivity index (χ2v) is 7.81. The van der Waals surface area contributed by atoms with Gasteiger partial charge in [0.25, 0.3) is 5.91 Å². The number of aryl methyl sites for hydroxylation is 1. The third-order valence-electron chi connectivity index (χ3n) is 3.36. The van der Waals surface area contributed by atoms with Crippen LogP contribution in [0.4, 0.5) is 0 Å². The van der Waals surface area contributed by atoms with E-state index in [-0.39, 0.29) is 5.70 Å². The molecule has 0 spiro atoms. The summed E-state index contributed by atoms with van der Waals surface area (Å²) in [7, 11) is 0. The van der Waals surface area contributed by atoms with Gasteiger partial charge in [-0.2, -0.15) is 4.37 Å². The van der Waals surface area contributed by atoms with Crippen LogP contribution in [0.2, 0.25) is 0 Å². The summed E-state index contributed by atoms with van der Waals surface area (Å²) in [5, 5.41) is 18.5. The molecule has 0 bridgehead atoms. The summed E-state index contributed by atoms with van der Waals surface area (Å²) in [5.74, 6) is 0.0344. The van der Waals surface area contributed by atoms with Crippen LogP contribution in [-0.4, -0.2) is 59.3 Å². The van der Waals surface area contributed by atoms with Crippen molar-refractivity contribution in [1.82, 2.24) is 14.3 Å². The number of amides is 1. The number of carbonyl (C=O) groups excluding carboxylic acids is 1. The zero-order valence-electron chi connectivity index (χ0n) is 11.6. The number of aromatic nitrogens is 2. The van der Waals surface area contributed by atoms with Gasteiger partial charge in [-0.15, -0.1) is 11.8 Å². The number of rotatable bonds is 5. The van der Waals surface area contributed by atoms with Gasteiger partial charge in [-0.1, -0.05) is 18.7 Å². The van der Waals surface area contributed by atoms with E-state index in [1.165, 1.54) is 40.0 Å². The van der Waals surface area contributed by atoms with Crippen molar-refractivity contribution in [3.8, 4) is 0 Å². The van der Waals surface area contributed by atoms with E-state index >= 15 is 0 Å². The van der Waals surface area contributed by atoms with E-state index in [9.17, 15) is 19.8 Å². The first kappa shape index (κ1) is 15.8. The number of nitrogens with zero attached hydrogens (tertiary/aromatic N) is 3. The third kappa shape index (κ3) is 2.64. The Labute approximate surface area is 139 Å². The van der Waals surface area contributed by atoms with E-state index in [0.717, 1.165) is 16.6 Å². The Balaban J connectivity index is 1.78. The fourth-order valence-corrected chi connectivity index (χ4v) is 5.33. The van der Waals surface area contributed by atoms with E-state index in [4.69, 9.17) is 0 Å². The molecule has 7 nitrogen and oxygen atoms in total. The van der Waals surface area contributed by atoms with Gasteiger partial charge in [-0.3, -0.25) is 9.69 Å². The lowest BCUT2D eigenvalue weighted by Gasteiger charge is -2.47. The Morgan fingerprint density at radius 3 is 2.95 bits per heavy atom. The molecule has 0 aromatic carbocycles. The van der Waals surface area contributed by atoms with Crippen molar-refractivity contribution in [3.63, 3.8) is 0 Å². The summed E-state index contributed by atoms with van der Waals surface area (Å²) in [5.41, 5.74) is 0.680. The SMILES string of the molecule is CCc1nsc(SCC2=C(C(=O)O)N3C(=O)[C@@H](O)[C@H]3SC2)n1. The van der Waals surface area contributed by atoms with Gasteiger partial charge in [0.2, 0.25) is 0 Å². The predicted molar refractivity (Wildman–Crippen MR) is 83.8 cm³/mol. The van der Waals surface area contributed by atoms with Crippen LogP contribution in [0.15, 0.2) is 15.6 Å². The van der Waals surface area contributed by atoms with Gasteiger partial charge in [0.05, 0.1) is 0 Å². The maximum absolute atomic E-state index is 11.7. The smallest absolute Gasteiger partial charge is 0.352 e. The molecule has 2 aliphatic rings. The summed E-state index contributed by atoms with van der Waals surface area (Å²) < 4.78 is 4.98.